The first kappa shape index (κ1) is 11.8. The second kappa shape index (κ2) is 4.09. The molecule has 1 heterocycles. The zero-order chi connectivity index (χ0) is 11.6. The van der Waals surface area contributed by atoms with Crippen LogP contribution >= 0.6 is 11.3 Å². The normalized spacial score (nSPS) is 11.5. The number of methoxy groups -OCH3 is 1. The average Bonchev–Trinajstić information content (AvgIpc) is 2.42. The maximum absolute atomic E-state index is 12.0. The fourth-order valence-corrected chi connectivity index (χ4v) is 1.95. The summed E-state index contributed by atoms with van der Waals surface area (Å²) in [4.78, 5) is 10.6. The summed E-state index contributed by atoms with van der Waals surface area (Å²) < 4.78 is 40.2. The molecule has 0 atom stereocenters. The van der Waals surface area contributed by atoms with Crippen molar-refractivity contribution >= 4 is 17.3 Å². The molecule has 0 aliphatic rings. The van der Waals surface area contributed by atoms with Gasteiger partial charge in [0.1, 0.15) is 5.75 Å². The van der Waals surface area contributed by atoms with E-state index in [0.29, 0.717) is 11.3 Å². The summed E-state index contributed by atoms with van der Waals surface area (Å²) in [5.74, 6) is -1.32. The van der Waals surface area contributed by atoms with Crippen molar-refractivity contribution in [2.75, 3.05) is 7.11 Å². The molecule has 15 heavy (non-hydrogen) atoms. The molecule has 7 heteroatoms. The van der Waals surface area contributed by atoms with Crippen molar-refractivity contribution in [2.24, 2.45) is 0 Å². The van der Waals surface area contributed by atoms with Gasteiger partial charge in [0.25, 0.3) is 0 Å². The Hall–Kier alpha value is -1.24. The first-order chi connectivity index (χ1) is 6.83. The molecule has 0 amide bonds. The zero-order valence-corrected chi connectivity index (χ0v) is 8.41. The topological polar surface area (TPSA) is 46.5 Å². The van der Waals surface area contributed by atoms with E-state index in [1.54, 1.807) is 0 Å². The van der Waals surface area contributed by atoms with Crippen molar-refractivity contribution in [2.45, 2.75) is 12.6 Å². The first-order valence-corrected chi connectivity index (χ1v) is 4.62. The third-order valence-corrected chi connectivity index (χ3v) is 2.61. The molecule has 1 rings (SSSR count). The molecule has 84 valence electrons. The van der Waals surface area contributed by atoms with Crippen molar-refractivity contribution in [3.8, 4) is 5.75 Å². The number of alkyl halides is 3. The van der Waals surface area contributed by atoms with Crippen LogP contribution in [0.1, 0.15) is 14.5 Å². The Balaban J connectivity index is 2.91. The van der Waals surface area contributed by atoms with E-state index < -0.39 is 24.3 Å². The second-order valence-corrected chi connectivity index (χ2v) is 3.85. The van der Waals surface area contributed by atoms with Crippen LogP contribution in [0.2, 0.25) is 0 Å². The fourth-order valence-electron chi connectivity index (χ4n) is 0.954. The van der Waals surface area contributed by atoms with E-state index in [2.05, 4.69) is 4.74 Å². The van der Waals surface area contributed by atoms with E-state index in [4.69, 9.17) is 0 Å². The Morgan fingerprint density at radius 3 is 2.67 bits per heavy atom. The van der Waals surface area contributed by atoms with Crippen LogP contribution in [0.3, 0.4) is 0 Å². The molecule has 0 spiro atoms. The van der Waals surface area contributed by atoms with Gasteiger partial charge in [-0.05, 0) is 6.07 Å². The van der Waals surface area contributed by atoms with E-state index in [0.717, 1.165) is 13.2 Å². The van der Waals surface area contributed by atoms with Crippen LogP contribution in [-0.2, 0) is 11.2 Å². The van der Waals surface area contributed by atoms with Crippen molar-refractivity contribution < 1.29 is 27.8 Å². The quantitative estimate of drug-likeness (QED) is 0.807. The summed E-state index contributed by atoms with van der Waals surface area (Å²) >= 11 is 0.575. The highest BCUT2D eigenvalue weighted by Gasteiger charge is 2.30. The Morgan fingerprint density at radius 2 is 2.20 bits per heavy atom. The fraction of sp³-hybridized carbons (Fsp3) is 0.375. The highest BCUT2D eigenvalue weighted by molar-refractivity contribution is 7.14. The van der Waals surface area contributed by atoms with Crippen LogP contribution in [0, 0.1) is 0 Å². The summed E-state index contributed by atoms with van der Waals surface area (Å²) in [7, 11) is 1.09. The summed E-state index contributed by atoms with van der Waals surface area (Å²) in [6.45, 7) is 0. The molecular weight excluding hydrogens is 233 g/mol. The lowest BCUT2D eigenvalue weighted by Gasteiger charge is -2.02. The number of thiophene rings is 1. The molecule has 0 radical (unpaired) electrons. The minimum Gasteiger partial charge on any atom is -0.506 e. The van der Waals surface area contributed by atoms with Gasteiger partial charge >= 0.3 is 12.1 Å². The minimum absolute atomic E-state index is 0.125. The molecule has 1 N–H and O–H groups in total. The van der Waals surface area contributed by atoms with Crippen LogP contribution in [-0.4, -0.2) is 24.4 Å². The van der Waals surface area contributed by atoms with Gasteiger partial charge in [0.2, 0.25) is 0 Å². The van der Waals surface area contributed by atoms with Crippen LogP contribution in [0.15, 0.2) is 6.07 Å². The van der Waals surface area contributed by atoms with Crippen molar-refractivity contribution in [1.29, 1.82) is 0 Å². The van der Waals surface area contributed by atoms with E-state index in [1.807, 2.05) is 0 Å². The molecule has 0 unspecified atom stereocenters. The molecule has 0 aromatic carbocycles. The third-order valence-electron chi connectivity index (χ3n) is 1.51. The highest BCUT2D eigenvalue weighted by Crippen LogP contribution is 2.32. The Morgan fingerprint density at radius 1 is 1.60 bits per heavy atom. The molecule has 1 aromatic heterocycles. The molecule has 0 bridgehead atoms. The van der Waals surface area contributed by atoms with Crippen molar-refractivity contribution in [1.82, 2.24) is 0 Å². The monoisotopic (exact) mass is 240 g/mol. The Bertz CT molecular complexity index is 370. The summed E-state index contributed by atoms with van der Waals surface area (Å²) in [5.41, 5.74) is 0. The predicted octanol–water partition coefficient (Wildman–Crippen LogP) is 2.35. The summed E-state index contributed by atoms with van der Waals surface area (Å²) in [6.07, 6.45) is -5.52. The number of hydrogen-bond donors (Lipinski definition) is 1. The number of rotatable bonds is 2. The number of carbonyl (C=O) groups is 1. The van der Waals surface area contributed by atoms with E-state index >= 15 is 0 Å². The van der Waals surface area contributed by atoms with Gasteiger partial charge < -0.3 is 9.84 Å². The minimum atomic E-state index is -4.36. The van der Waals surface area contributed by atoms with Gasteiger partial charge in [0.15, 0.2) is 4.88 Å². The molecular formula is C8H7F3O3S. The number of carbonyl (C=O) groups excluding carboxylic acids is 1. The Labute approximate surface area is 87.1 Å². The molecule has 1 aromatic rings. The van der Waals surface area contributed by atoms with Gasteiger partial charge in [-0.3, -0.25) is 0 Å². The number of hydrogen-bond acceptors (Lipinski definition) is 4. The van der Waals surface area contributed by atoms with E-state index in [1.165, 1.54) is 0 Å². The number of halogens is 3. The maximum atomic E-state index is 12.0. The number of aromatic hydroxyl groups is 1. The SMILES string of the molecule is COC(=O)c1sc(CC(F)(F)F)cc1O. The van der Waals surface area contributed by atoms with Gasteiger partial charge in [-0.15, -0.1) is 11.3 Å². The maximum Gasteiger partial charge on any atom is 0.393 e. The highest BCUT2D eigenvalue weighted by atomic mass is 32.1. The van der Waals surface area contributed by atoms with E-state index in [9.17, 15) is 23.1 Å². The lowest BCUT2D eigenvalue weighted by Crippen LogP contribution is -2.10. The standard InChI is InChI=1S/C8H7F3O3S/c1-14-7(13)6-5(12)2-4(15-6)3-8(9,10)11/h2,12H,3H2,1H3. The largest absolute Gasteiger partial charge is 0.506 e. The number of esters is 1. The van der Waals surface area contributed by atoms with Crippen LogP contribution in [0.5, 0.6) is 5.75 Å². The zero-order valence-electron chi connectivity index (χ0n) is 7.59. The smallest absolute Gasteiger partial charge is 0.393 e. The molecule has 0 aliphatic carbocycles. The lowest BCUT2D eigenvalue weighted by molar-refractivity contribution is -0.126. The molecule has 0 saturated carbocycles. The third kappa shape index (κ3) is 3.12. The second-order valence-electron chi connectivity index (χ2n) is 2.71. The van der Waals surface area contributed by atoms with Crippen molar-refractivity contribution in [3.63, 3.8) is 0 Å². The van der Waals surface area contributed by atoms with Gasteiger partial charge in [-0.2, -0.15) is 13.2 Å². The van der Waals surface area contributed by atoms with Gasteiger partial charge in [-0.25, -0.2) is 4.79 Å². The molecule has 0 fully saturated rings. The van der Waals surface area contributed by atoms with Gasteiger partial charge in [-0.1, -0.05) is 0 Å². The van der Waals surface area contributed by atoms with Crippen LogP contribution in [0.4, 0.5) is 13.2 Å². The van der Waals surface area contributed by atoms with Crippen LogP contribution in [0.25, 0.3) is 0 Å². The predicted molar refractivity (Wildman–Crippen MR) is 47.1 cm³/mol. The summed E-state index contributed by atoms with van der Waals surface area (Å²) in [5, 5.41) is 9.17. The lowest BCUT2D eigenvalue weighted by atomic mass is 10.3. The first-order valence-electron chi connectivity index (χ1n) is 3.80. The molecule has 0 aliphatic heterocycles. The molecule has 0 saturated heterocycles. The Kier molecular flexibility index (Phi) is 3.23. The van der Waals surface area contributed by atoms with Gasteiger partial charge in [0, 0.05) is 4.88 Å². The van der Waals surface area contributed by atoms with E-state index in [-0.39, 0.29) is 9.75 Å². The van der Waals surface area contributed by atoms with Gasteiger partial charge in [0.05, 0.1) is 13.5 Å². The van der Waals surface area contributed by atoms with Crippen LogP contribution < -0.4 is 0 Å². The summed E-state index contributed by atoms with van der Waals surface area (Å²) in [6, 6.07) is 0.921. The number of ether oxygens (including phenoxy) is 1. The molecule has 3 nitrogen and oxygen atoms in total. The average molecular weight is 240 g/mol. The van der Waals surface area contributed by atoms with Crippen molar-refractivity contribution in [3.05, 3.63) is 15.8 Å².